The van der Waals surface area contributed by atoms with E-state index in [1.807, 2.05) is 49.1 Å². The maximum atomic E-state index is 14.1. The highest BCUT2D eigenvalue weighted by molar-refractivity contribution is 7.10. The van der Waals surface area contributed by atoms with Crippen molar-refractivity contribution in [1.82, 2.24) is 14.7 Å². The van der Waals surface area contributed by atoms with Crippen LogP contribution in [-0.4, -0.2) is 65.4 Å². The van der Waals surface area contributed by atoms with Crippen LogP contribution in [0.1, 0.15) is 34.5 Å². The van der Waals surface area contributed by atoms with Gasteiger partial charge in [0.25, 0.3) is 0 Å². The lowest BCUT2D eigenvalue weighted by molar-refractivity contribution is -0.135. The molecule has 0 saturated carbocycles. The van der Waals surface area contributed by atoms with E-state index >= 15 is 0 Å². The average Bonchev–Trinajstić information content (AvgIpc) is 3.34. The molecule has 6 nitrogen and oxygen atoms in total. The van der Waals surface area contributed by atoms with Crippen LogP contribution in [0.4, 0.5) is 14.9 Å². The van der Waals surface area contributed by atoms with Gasteiger partial charge in [-0.25, -0.2) is 9.18 Å². The molecule has 2 aliphatic heterocycles. The Labute approximate surface area is 215 Å². The highest BCUT2D eigenvalue weighted by Crippen LogP contribution is 2.37. The number of hydrogen-bond acceptors (Lipinski definition) is 4. The van der Waals surface area contributed by atoms with E-state index in [0.717, 1.165) is 35.3 Å². The molecule has 1 fully saturated rings. The van der Waals surface area contributed by atoms with Gasteiger partial charge in [0, 0.05) is 42.8 Å². The number of halogens is 1. The Bertz CT molecular complexity index is 1260. The second kappa shape index (κ2) is 10.4. The van der Waals surface area contributed by atoms with Crippen molar-refractivity contribution in [3.05, 3.63) is 87.4 Å². The highest BCUT2D eigenvalue weighted by atomic mass is 32.1. The molecule has 0 aliphatic carbocycles. The summed E-state index contributed by atoms with van der Waals surface area (Å²) in [7, 11) is 0. The molecule has 0 bridgehead atoms. The molecule has 1 N–H and O–H groups in total. The van der Waals surface area contributed by atoms with Crippen molar-refractivity contribution in [2.45, 2.75) is 32.4 Å². The fourth-order valence-electron chi connectivity index (χ4n) is 5.27. The molecule has 0 spiro atoms. The fraction of sp³-hybridized carbons (Fsp3) is 0.357. The van der Waals surface area contributed by atoms with Crippen LogP contribution in [0, 0.1) is 12.7 Å². The molecular formula is C28H31FN4O2S. The molecule has 3 amide bonds. The minimum atomic E-state index is -0.268. The number of nitrogens with zero attached hydrogens (tertiary/aromatic N) is 3. The van der Waals surface area contributed by atoms with E-state index in [9.17, 15) is 14.0 Å². The van der Waals surface area contributed by atoms with Gasteiger partial charge in [-0.15, -0.1) is 11.3 Å². The molecule has 8 heteroatoms. The Hall–Kier alpha value is -3.23. The molecule has 0 radical (unpaired) electrons. The van der Waals surface area contributed by atoms with Crippen LogP contribution >= 0.6 is 11.3 Å². The normalized spacial score (nSPS) is 20.2. The standard InChI is InChI=1S/C28H31FN4O2S/c1-19-6-3-4-9-24(19)30-28(35)33-14-13-31(17-20(33)2)26(34)18-32-12-10-25-23(11-15-36-25)27(32)21-7-5-8-22(29)16-21/h3-9,11,15-16,20,27H,10,12-14,17-18H2,1-2H3,(H,30,35)/t20-,27+/m1/s1. The van der Waals surface area contributed by atoms with E-state index in [1.165, 1.54) is 10.9 Å². The number of fused-ring (bicyclic) bond motifs is 1. The fourth-order valence-corrected chi connectivity index (χ4v) is 6.17. The first kappa shape index (κ1) is 24.5. The lowest BCUT2D eigenvalue weighted by Crippen LogP contribution is -2.58. The number of carbonyl (C=O) groups excluding carboxylic acids is 2. The first-order chi connectivity index (χ1) is 17.4. The zero-order chi connectivity index (χ0) is 25.2. The Morgan fingerprint density at radius 1 is 1.08 bits per heavy atom. The minimum Gasteiger partial charge on any atom is -0.338 e. The van der Waals surface area contributed by atoms with E-state index in [2.05, 4.69) is 21.7 Å². The number of para-hydroxylation sites is 1. The first-order valence-electron chi connectivity index (χ1n) is 12.4. The van der Waals surface area contributed by atoms with Gasteiger partial charge in [0.05, 0.1) is 12.6 Å². The smallest absolute Gasteiger partial charge is 0.322 e. The maximum absolute atomic E-state index is 14.1. The Balaban J connectivity index is 1.25. The number of piperazine rings is 1. The number of aryl methyl sites for hydroxylation is 1. The van der Waals surface area contributed by atoms with Crippen molar-refractivity contribution in [2.75, 3.05) is 38.0 Å². The van der Waals surface area contributed by atoms with Crippen LogP contribution in [0.5, 0.6) is 0 Å². The molecule has 188 valence electrons. The van der Waals surface area contributed by atoms with Gasteiger partial charge in [0.1, 0.15) is 5.82 Å². The van der Waals surface area contributed by atoms with Crippen LogP contribution in [0.2, 0.25) is 0 Å². The Morgan fingerprint density at radius 2 is 1.92 bits per heavy atom. The van der Waals surface area contributed by atoms with Crippen LogP contribution < -0.4 is 5.32 Å². The van der Waals surface area contributed by atoms with Crippen molar-refractivity contribution in [3.63, 3.8) is 0 Å². The van der Waals surface area contributed by atoms with Crippen LogP contribution in [-0.2, 0) is 11.2 Å². The molecule has 2 atom stereocenters. The van der Waals surface area contributed by atoms with Crippen molar-refractivity contribution in [2.24, 2.45) is 0 Å². The van der Waals surface area contributed by atoms with Gasteiger partial charge >= 0.3 is 6.03 Å². The second-order valence-corrected chi connectivity index (χ2v) is 10.6. The summed E-state index contributed by atoms with van der Waals surface area (Å²) in [5.41, 5.74) is 3.84. The summed E-state index contributed by atoms with van der Waals surface area (Å²) in [6, 6.07) is 16.1. The molecule has 0 unspecified atom stereocenters. The lowest BCUT2D eigenvalue weighted by atomic mass is 9.93. The quantitative estimate of drug-likeness (QED) is 0.547. The van der Waals surface area contributed by atoms with E-state index in [4.69, 9.17) is 0 Å². The van der Waals surface area contributed by atoms with Crippen LogP contribution in [0.15, 0.2) is 60.0 Å². The van der Waals surface area contributed by atoms with Crippen molar-refractivity contribution < 1.29 is 14.0 Å². The number of urea groups is 1. The number of benzene rings is 2. The van der Waals surface area contributed by atoms with Gasteiger partial charge in [-0.3, -0.25) is 9.69 Å². The number of amides is 3. The molecule has 36 heavy (non-hydrogen) atoms. The minimum absolute atomic E-state index is 0.0425. The number of rotatable bonds is 4. The summed E-state index contributed by atoms with van der Waals surface area (Å²) >= 11 is 1.72. The van der Waals surface area contributed by atoms with Gasteiger partial charge in [0.2, 0.25) is 5.91 Å². The third-order valence-corrected chi connectivity index (χ3v) is 8.19. The van der Waals surface area contributed by atoms with E-state index in [-0.39, 0.29) is 36.4 Å². The number of hydrogen-bond donors (Lipinski definition) is 1. The van der Waals surface area contributed by atoms with E-state index < -0.39 is 0 Å². The summed E-state index contributed by atoms with van der Waals surface area (Å²) in [5.74, 6) is -0.226. The third-order valence-electron chi connectivity index (χ3n) is 7.20. The molecular weight excluding hydrogens is 475 g/mol. The van der Waals surface area contributed by atoms with Crippen molar-refractivity contribution in [3.8, 4) is 0 Å². The number of anilines is 1. The van der Waals surface area contributed by atoms with Crippen LogP contribution in [0.3, 0.4) is 0 Å². The summed E-state index contributed by atoms with van der Waals surface area (Å²) in [6.45, 7) is 6.41. The summed E-state index contributed by atoms with van der Waals surface area (Å²) in [6.07, 6.45) is 0.884. The highest BCUT2D eigenvalue weighted by Gasteiger charge is 2.34. The average molecular weight is 507 g/mol. The predicted molar refractivity (Wildman–Crippen MR) is 141 cm³/mol. The first-order valence-corrected chi connectivity index (χ1v) is 13.3. The topological polar surface area (TPSA) is 55.9 Å². The Morgan fingerprint density at radius 3 is 2.69 bits per heavy atom. The predicted octanol–water partition coefficient (Wildman–Crippen LogP) is 4.91. The van der Waals surface area contributed by atoms with Crippen molar-refractivity contribution >= 4 is 29.0 Å². The molecule has 3 heterocycles. The van der Waals surface area contributed by atoms with Gasteiger partial charge in [-0.1, -0.05) is 30.3 Å². The monoisotopic (exact) mass is 506 g/mol. The number of carbonyl (C=O) groups is 2. The van der Waals surface area contributed by atoms with Crippen LogP contribution in [0.25, 0.3) is 0 Å². The summed E-state index contributed by atoms with van der Waals surface area (Å²) < 4.78 is 14.1. The molecule has 1 aromatic heterocycles. The summed E-state index contributed by atoms with van der Waals surface area (Å²) in [5, 5.41) is 5.08. The van der Waals surface area contributed by atoms with Gasteiger partial charge in [0.15, 0.2) is 0 Å². The third kappa shape index (κ3) is 5.01. The second-order valence-electron chi connectivity index (χ2n) is 9.60. The van der Waals surface area contributed by atoms with Gasteiger partial charge < -0.3 is 15.1 Å². The van der Waals surface area contributed by atoms with E-state index in [1.54, 1.807) is 28.4 Å². The zero-order valence-electron chi connectivity index (χ0n) is 20.6. The largest absolute Gasteiger partial charge is 0.338 e. The lowest BCUT2D eigenvalue weighted by Gasteiger charge is -2.41. The zero-order valence-corrected chi connectivity index (χ0v) is 21.4. The van der Waals surface area contributed by atoms with Crippen molar-refractivity contribution in [1.29, 1.82) is 0 Å². The molecule has 5 rings (SSSR count). The SMILES string of the molecule is Cc1ccccc1NC(=O)N1CCN(C(=O)CN2CCc3sccc3[C@@H]2c2cccc(F)c2)C[C@H]1C. The van der Waals surface area contributed by atoms with Gasteiger partial charge in [-0.2, -0.15) is 0 Å². The van der Waals surface area contributed by atoms with Gasteiger partial charge in [-0.05, 0) is 66.6 Å². The molecule has 2 aliphatic rings. The molecule has 1 saturated heterocycles. The maximum Gasteiger partial charge on any atom is 0.322 e. The molecule has 3 aromatic rings. The number of thiophene rings is 1. The number of nitrogens with one attached hydrogen (secondary N) is 1. The molecule has 2 aromatic carbocycles. The van der Waals surface area contributed by atoms with E-state index in [0.29, 0.717) is 19.6 Å². The Kier molecular flexibility index (Phi) is 7.07. The summed E-state index contributed by atoms with van der Waals surface area (Å²) in [4.78, 5) is 33.4.